The fourth-order valence-electron chi connectivity index (χ4n) is 0.288. The summed E-state index contributed by atoms with van der Waals surface area (Å²) < 4.78 is 20.1. The average molecular weight is 159 g/mol. The molecule has 0 rings (SSSR count). The largest absolute Gasteiger partial charge is 0.392 e. The molecule has 0 aliphatic rings. The van der Waals surface area contributed by atoms with Crippen LogP contribution in [0.15, 0.2) is 0 Å². The fraction of sp³-hybridized carbons (Fsp3) is 1.00. The number of hydrogen-bond donors (Lipinski definition) is 1. The molecule has 0 aromatic rings. The van der Waals surface area contributed by atoms with Crippen LogP contribution in [0.4, 0.5) is 0 Å². The van der Waals surface area contributed by atoms with Crippen LogP contribution in [0.2, 0.25) is 0 Å². The Morgan fingerprint density at radius 3 is 2.12 bits per heavy atom. The van der Waals surface area contributed by atoms with Crippen LogP contribution in [0, 0.1) is 0 Å². The highest BCUT2D eigenvalue weighted by Crippen LogP contribution is 1.97. The van der Waals surface area contributed by atoms with E-state index in [0.717, 1.165) is 0 Å². The van der Waals surface area contributed by atoms with E-state index in [1.54, 1.807) is 0 Å². The van der Waals surface area contributed by atoms with E-state index in [1.807, 2.05) is 0 Å². The number of halogens is 1. The molecule has 1 N–H and O–H groups in total. The van der Waals surface area contributed by atoms with Crippen LogP contribution in [0.3, 0.4) is 0 Å². The summed E-state index contributed by atoms with van der Waals surface area (Å²) in [4.78, 5) is 0. The van der Waals surface area contributed by atoms with E-state index in [-0.39, 0.29) is 5.75 Å². The van der Waals surface area contributed by atoms with Crippen LogP contribution in [-0.2, 0) is 9.05 Å². The lowest BCUT2D eigenvalue weighted by atomic mass is 10.5. The van der Waals surface area contributed by atoms with Crippen molar-refractivity contribution in [2.24, 2.45) is 0 Å². The summed E-state index contributed by atoms with van der Waals surface area (Å²) in [5, 5.41) is 8.42. The molecule has 0 aromatic heterocycles. The summed E-state index contributed by atoms with van der Waals surface area (Å²) in [7, 11) is 1.24. The zero-order chi connectivity index (χ0) is 6.78. The van der Waals surface area contributed by atoms with Gasteiger partial charge in [0.15, 0.2) is 0 Å². The molecule has 0 fully saturated rings. The van der Waals surface area contributed by atoms with Gasteiger partial charge in [0.25, 0.3) is 0 Å². The molecule has 0 heterocycles. The third-order valence-electron chi connectivity index (χ3n) is 0.440. The second kappa shape index (κ2) is 2.66. The molecule has 0 spiro atoms. The summed E-state index contributed by atoms with van der Waals surface area (Å²) in [5.41, 5.74) is 0. The SMILES string of the molecule is CC(O)CS(=O)(=O)Cl. The molecule has 5 heteroatoms. The minimum atomic E-state index is -3.50. The van der Waals surface area contributed by atoms with Crippen molar-refractivity contribution in [1.82, 2.24) is 0 Å². The van der Waals surface area contributed by atoms with Gasteiger partial charge in [-0.05, 0) is 6.92 Å². The Morgan fingerprint density at radius 1 is 1.75 bits per heavy atom. The molecule has 0 amide bonds. The molecule has 1 atom stereocenters. The third kappa shape index (κ3) is 6.20. The zero-order valence-corrected chi connectivity index (χ0v) is 5.91. The molecule has 8 heavy (non-hydrogen) atoms. The predicted molar refractivity (Wildman–Crippen MR) is 31.3 cm³/mol. The van der Waals surface area contributed by atoms with E-state index in [4.69, 9.17) is 15.8 Å². The number of hydrogen-bond acceptors (Lipinski definition) is 3. The zero-order valence-electron chi connectivity index (χ0n) is 4.33. The van der Waals surface area contributed by atoms with Gasteiger partial charge in [-0.3, -0.25) is 0 Å². The van der Waals surface area contributed by atoms with Crippen molar-refractivity contribution in [2.75, 3.05) is 5.75 Å². The lowest BCUT2D eigenvalue weighted by molar-refractivity contribution is 0.218. The summed E-state index contributed by atoms with van der Waals surface area (Å²) in [6.07, 6.45) is -0.877. The van der Waals surface area contributed by atoms with Gasteiger partial charge in [0.2, 0.25) is 9.05 Å². The minimum Gasteiger partial charge on any atom is -0.392 e. The van der Waals surface area contributed by atoms with Gasteiger partial charge in [-0.15, -0.1) is 0 Å². The Balaban J connectivity index is 3.75. The molecule has 0 radical (unpaired) electrons. The molecule has 0 bridgehead atoms. The van der Waals surface area contributed by atoms with Gasteiger partial charge in [-0.2, -0.15) is 0 Å². The van der Waals surface area contributed by atoms with E-state index in [9.17, 15) is 8.42 Å². The minimum absolute atomic E-state index is 0.380. The molecule has 0 aromatic carbocycles. The average Bonchev–Trinajstić information content (AvgIpc) is 1.21. The van der Waals surface area contributed by atoms with E-state index in [2.05, 4.69) is 0 Å². The molecule has 0 aliphatic heterocycles. The van der Waals surface area contributed by atoms with Gasteiger partial charge >= 0.3 is 0 Å². The van der Waals surface area contributed by atoms with Gasteiger partial charge in [-0.25, -0.2) is 8.42 Å². The Bertz CT molecular complexity index is 148. The molecular weight excluding hydrogens is 152 g/mol. The molecule has 1 unspecified atom stereocenters. The van der Waals surface area contributed by atoms with E-state index in [1.165, 1.54) is 6.92 Å². The maximum absolute atomic E-state index is 10.0. The lowest BCUT2D eigenvalue weighted by Crippen LogP contribution is -2.12. The normalized spacial score (nSPS) is 15.9. The van der Waals surface area contributed by atoms with Gasteiger partial charge < -0.3 is 5.11 Å². The van der Waals surface area contributed by atoms with E-state index in [0.29, 0.717) is 0 Å². The summed E-state index contributed by atoms with van der Waals surface area (Å²) in [6.45, 7) is 1.36. The van der Waals surface area contributed by atoms with Crippen molar-refractivity contribution in [3.8, 4) is 0 Å². The smallest absolute Gasteiger partial charge is 0.235 e. The predicted octanol–water partition coefficient (Wildman–Crippen LogP) is -0.0642. The Kier molecular flexibility index (Phi) is 2.73. The second-order valence-corrected chi connectivity index (χ2v) is 4.38. The first-order chi connectivity index (χ1) is 3.42. The van der Waals surface area contributed by atoms with Crippen molar-refractivity contribution >= 4 is 19.7 Å². The standard InChI is InChI=1S/C3H7ClO3S/c1-3(5)2-8(4,6)7/h3,5H,2H2,1H3. The first-order valence-corrected chi connectivity index (χ1v) is 4.50. The van der Waals surface area contributed by atoms with Crippen LogP contribution in [0.25, 0.3) is 0 Å². The van der Waals surface area contributed by atoms with Crippen molar-refractivity contribution in [3.63, 3.8) is 0 Å². The van der Waals surface area contributed by atoms with Crippen molar-refractivity contribution in [2.45, 2.75) is 13.0 Å². The van der Waals surface area contributed by atoms with Crippen molar-refractivity contribution in [3.05, 3.63) is 0 Å². The first kappa shape index (κ1) is 8.20. The van der Waals surface area contributed by atoms with Gasteiger partial charge in [-0.1, -0.05) is 0 Å². The van der Waals surface area contributed by atoms with Crippen LogP contribution in [0.5, 0.6) is 0 Å². The lowest BCUT2D eigenvalue weighted by Gasteiger charge is -1.96. The highest BCUT2D eigenvalue weighted by Gasteiger charge is 2.08. The number of aliphatic hydroxyl groups excluding tert-OH is 1. The van der Waals surface area contributed by atoms with Crippen LogP contribution in [0.1, 0.15) is 6.92 Å². The molecule has 0 aliphatic carbocycles. The van der Waals surface area contributed by atoms with Crippen LogP contribution in [-0.4, -0.2) is 25.4 Å². The molecule has 3 nitrogen and oxygen atoms in total. The van der Waals surface area contributed by atoms with E-state index >= 15 is 0 Å². The van der Waals surface area contributed by atoms with Gasteiger partial charge in [0.1, 0.15) is 0 Å². The van der Waals surface area contributed by atoms with Crippen LogP contribution >= 0.6 is 10.7 Å². The molecule has 0 saturated carbocycles. The highest BCUT2D eigenvalue weighted by atomic mass is 35.7. The maximum atomic E-state index is 10.0. The van der Waals surface area contributed by atoms with Gasteiger partial charge in [0.05, 0.1) is 11.9 Å². The first-order valence-electron chi connectivity index (χ1n) is 2.02. The summed E-state index contributed by atoms with van der Waals surface area (Å²) in [5.74, 6) is -0.380. The van der Waals surface area contributed by atoms with Crippen LogP contribution < -0.4 is 0 Å². The topological polar surface area (TPSA) is 54.4 Å². The fourth-order valence-corrected chi connectivity index (χ4v) is 1.41. The molecule has 0 saturated heterocycles. The van der Waals surface area contributed by atoms with Gasteiger partial charge in [0, 0.05) is 10.7 Å². The summed E-state index contributed by atoms with van der Waals surface area (Å²) in [6, 6.07) is 0. The van der Waals surface area contributed by atoms with Crippen molar-refractivity contribution in [1.29, 1.82) is 0 Å². The second-order valence-electron chi connectivity index (χ2n) is 1.55. The third-order valence-corrected chi connectivity index (χ3v) is 1.70. The Labute approximate surface area is 52.7 Å². The maximum Gasteiger partial charge on any atom is 0.235 e. The quantitative estimate of drug-likeness (QED) is 0.573. The Hall–Kier alpha value is 0.200. The van der Waals surface area contributed by atoms with E-state index < -0.39 is 15.2 Å². The molecule has 50 valence electrons. The highest BCUT2D eigenvalue weighted by molar-refractivity contribution is 8.13. The monoisotopic (exact) mass is 158 g/mol. The number of rotatable bonds is 2. The molecular formula is C3H7ClO3S. The van der Waals surface area contributed by atoms with Crippen molar-refractivity contribution < 1.29 is 13.5 Å². The Morgan fingerprint density at radius 2 is 2.12 bits per heavy atom. The number of aliphatic hydroxyl groups is 1. The summed E-state index contributed by atoms with van der Waals surface area (Å²) >= 11 is 0.